The van der Waals surface area contributed by atoms with Crippen molar-refractivity contribution in [2.75, 3.05) is 6.54 Å². The molecule has 0 aliphatic rings. The quantitative estimate of drug-likeness (QED) is 0.236. The van der Waals surface area contributed by atoms with Gasteiger partial charge in [-0.05, 0) is 18.8 Å². The van der Waals surface area contributed by atoms with E-state index in [0.717, 1.165) is 0 Å². The summed E-state index contributed by atoms with van der Waals surface area (Å²) in [7, 11) is 0. The van der Waals surface area contributed by atoms with E-state index < -0.39 is 41.9 Å². The fourth-order valence-corrected chi connectivity index (χ4v) is 2.04. The maximum absolute atomic E-state index is 12.3. The molecular weight excluding hydrogens is 348 g/mol. The lowest BCUT2D eigenvalue weighted by Crippen LogP contribution is -2.53. The molecule has 11 nitrogen and oxygen atoms in total. The number of nitrogens with one attached hydrogen (secondary N) is 3. The average Bonchev–Trinajstić information content (AvgIpc) is 2.52. The van der Waals surface area contributed by atoms with Gasteiger partial charge in [-0.3, -0.25) is 14.4 Å². The number of aliphatic carboxylic acids is 2. The molecule has 0 spiro atoms. The number of carboxylic acid groups (broad SMARTS) is 2. The number of urea groups is 1. The number of rotatable bonds is 12. The van der Waals surface area contributed by atoms with E-state index in [4.69, 9.17) is 10.8 Å². The molecule has 148 valence electrons. The number of carbonyl (C=O) groups is 5. The van der Waals surface area contributed by atoms with Gasteiger partial charge in [0.05, 0.1) is 6.42 Å². The number of primary amides is 1. The van der Waals surface area contributed by atoms with Crippen LogP contribution >= 0.6 is 0 Å². The van der Waals surface area contributed by atoms with Crippen molar-refractivity contribution in [3.8, 4) is 0 Å². The molecule has 0 aromatic rings. The third-order valence-corrected chi connectivity index (χ3v) is 3.41. The molecule has 0 aromatic heterocycles. The van der Waals surface area contributed by atoms with Gasteiger partial charge in [0.25, 0.3) is 0 Å². The molecule has 0 radical (unpaired) electrons. The zero-order valence-corrected chi connectivity index (χ0v) is 14.8. The third-order valence-electron chi connectivity index (χ3n) is 3.41. The minimum absolute atomic E-state index is 0.0547. The normalized spacial score (nSPS) is 12.7. The Morgan fingerprint density at radius 3 is 2.08 bits per heavy atom. The van der Waals surface area contributed by atoms with Crippen LogP contribution in [0.15, 0.2) is 0 Å². The van der Waals surface area contributed by atoms with E-state index in [1.807, 2.05) is 0 Å². The molecule has 0 heterocycles. The van der Waals surface area contributed by atoms with E-state index in [1.165, 1.54) is 0 Å². The van der Waals surface area contributed by atoms with Gasteiger partial charge in [-0.15, -0.1) is 0 Å². The second-order valence-electron chi connectivity index (χ2n) is 6.02. The van der Waals surface area contributed by atoms with E-state index in [2.05, 4.69) is 16.0 Å². The summed E-state index contributed by atoms with van der Waals surface area (Å²) in [5.74, 6) is -4.02. The van der Waals surface area contributed by atoms with E-state index in [1.54, 1.807) is 13.8 Å². The number of hydrogen-bond acceptors (Lipinski definition) is 5. The van der Waals surface area contributed by atoms with Crippen LogP contribution in [0.1, 0.15) is 39.5 Å². The fraction of sp³-hybridized carbons (Fsp3) is 0.667. The van der Waals surface area contributed by atoms with Crippen molar-refractivity contribution in [3.63, 3.8) is 0 Å². The lowest BCUT2D eigenvalue weighted by atomic mass is 10.0. The van der Waals surface area contributed by atoms with Gasteiger partial charge in [0, 0.05) is 13.0 Å². The van der Waals surface area contributed by atoms with Gasteiger partial charge in [0.2, 0.25) is 11.8 Å². The van der Waals surface area contributed by atoms with Crippen molar-refractivity contribution >= 4 is 29.8 Å². The topological polar surface area (TPSA) is 188 Å². The molecule has 0 fully saturated rings. The van der Waals surface area contributed by atoms with Crippen LogP contribution < -0.4 is 21.7 Å². The first-order valence-corrected chi connectivity index (χ1v) is 8.12. The Kier molecular flexibility index (Phi) is 10.4. The molecule has 0 saturated heterocycles. The Balaban J connectivity index is 4.71. The Bertz CT molecular complexity index is 536. The fourth-order valence-electron chi connectivity index (χ4n) is 2.04. The molecule has 0 aliphatic heterocycles. The summed E-state index contributed by atoms with van der Waals surface area (Å²) in [6.45, 7) is 3.48. The van der Waals surface area contributed by atoms with Gasteiger partial charge >= 0.3 is 18.0 Å². The van der Waals surface area contributed by atoms with E-state index >= 15 is 0 Å². The molecule has 0 rings (SSSR count). The number of hydrogen-bond donors (Lipinski definition) is 6. The highest BCUT2D eigenvalue weighted by Gasteiger charge is 2.28. The maximum atomic E-state index is 12.3. The first-order chi connectivity index (χ1) is 12.0. The summed E-state index contributed by atoms with van der Waals surface area (Å²) < 4.78 is 0. The van der Waals surface area contributed by atoms with Crippen LogP contribution in [0, 0.1) is 5.92 Å². The highest BCUT2D eigenvalue weighted by Crippen LogP contribution is 2.05. The van der Waals surface area contributed by atoms with E-state index in [9.17, 15) is 29.1 Å². The number of carboxylic acids is 2. The van der Waals surface area contributed by atoms with Crippen molar-refractivity contribution in [2.45, 2.75) is 51.6 Å². The molecule has 0 bridgehead atoms. The first kappa shape index (κ1) is 23.1. The molecule has 0 aromatic carbocycles. The zero-order chi connectivity index (χ0) is 20.3. The van der Waals surface area contributed by atoms with Gasteiger partial charge in [-0.25, -0.2) is 9.59 Å². The first-order valence-electron chi connectivity index (χ1n) is 8.12. The van der Waals surface area contributed by atoms with Crippen LogP contribution in [-0.2, 0) is 19.2 Å². The second kappa shape index (κ2) is 11.7. The summed E-state index contributed by atoms with van der Waals surface area (Å²) in [5, 5.41) is 24.8. The van der Waals surface area contributed by atoms with Gasteiger partial charge in [0.1, 0.15) is 12.1 Å². The molecule has 0 saturated carbocycles. The average molecular weight is 374 g/mol. The second-order valence-corrected chi connectivity index (χ2v) is 6.02. The number of carbonyl (C=O) groups excluding carboxylic acids is 3. The maximum Gasteiger partial charge on any atom is 0.326 e. The van der Waals surface area contributed by atoms with Crippen LogP contribution in [-0.4, -0.2) is 58.6 Å². The third kappa shape index (κ3) is 10.1. The summed E-state index contributed by atoms with van der Waals surface area (Å²) in [5.41, 5.74) is 4.90. The highest BCUT2D eigenvalue weighted by molar-refractivity contribution is 5.91. The number of nitrogens with two attached hydrogens (primary N) is 1. The van der Waals surface area contributed by atoms with Crippen molar-refractivity contribution < 1.29 is 34.2 Å². The van der Waals surface area contributed by atoms with E-state index in [0.29, 0.717) is 0 Å². The summed E-state index contributed by atoms with van der Waals surface area (Å²) in [6.07, 6.45) is -0.327. The minimum atomic E-state index is -1.25. The predicted molar refractivity (Wildman–Crippen MR) is 90.0 cm³/mol. The number of amides is 4. The SMILES string of the molecule is CC(C)C(NC(=O)CCC(=O)O)C(=O)NC(CCCNC(N)=O)C(=O)O. The van der Waals surface area contributed by atoms with Crippen LogP contribution in [0.4, 0.5) is 4.79 Å². The zero-order valence-electron chi connectivity index (χ0n) is 14.8. The molecule has 0 aliphatic carbocycles. The largest absolute Gasteiger partial charge is 0.481 e. The Morgan fingerprint density at radius 1 is 1.00 bits per heavy atom. The summed E-state index contributed by atoms with van der Waals surface area (Å²) in [4.78, 5) is 56.4. The van der Waals surface area contributed by atoms with Gasteiger partial charge < -0.3 is 31.9 Å². The van der Waals surface area contributed by atoms with Crippen LogP contribution in [0.2, 0.25) is 0 Å². The Hall–Kier alpha value is -2.85. The van der Waals surface area contributed by atoms with Crippen LogP contribution in [0.3, 0.4) is 0 Å². The standard InChI is InChI=1S/C15H26N4O7/c1-8(2)12(19-10(20)5-6-11(21)22)13(23)18-9(14(24)25)4-3-7-17-15(16)26/h8-9,12H,3-7H2,1-2H3,(H,18,23)(H,19,20)(H,21,22)(H,24,25)(H3,16,17,26). The van der Waals surface area contributed by atoms with Gasteiger partial charge in [-0.2, -0.15) is 0 Å². The molecule has 2 atom stereocenters. The smallest absolute Gasteiger partial charge is 0.326 e. The summed E-state index contributed by atoms with van der Waals surface area (Å²) >= 11 is 0. The minimum Gasteiger partial charge on any atom is -0.481 e. The molecule has 11 heteroatoms. The monoisotopic (exact) mass is 374 g/mol. The molecule has 4 amide bonds. The van der Waals surface area contributed by atoms with Crippen LogP contribution in [0.25, 0.3) is 0 Å². The summed E-state index contributed by atoms with van der Waals surface area (Å²) in [6, 6.07) is -2.93. The van der Waals surface area contributed by atoms with Crippen molar-refractivity contribution in [1.29, 1.82) is 0 Å². The Labute approximate surface area is 150 Å². The lowest BCUT2D eigenvalue weighted by Gasteiger charge is -2.24. The van der Waals surface area contributed by atoms with Crippen LogP contribution in [0.5, 0.6) is 0 Å². The molecule has 2 unspecified atom stereocenters. The van der Waals surface area contributed by atoms with Crippen molar-refractivity contribution in [2.24, 2.45) is 11.7 Å². The molecular formula is C15H26N4O7. The lowest BCUT2D eigenvalue weighted by molar-refractivity contribution is -0.143. The molecule has 26 heavy (non-hydrogen) atoms. The van der Waals surface area contributed by atoms with Crippen molar-refractivity contribution in [3.05, 3.63) is 0 Å². The predicted octanol–water partition coefficient (Wildman–Crippen LogP) is -0.990. The van der Waals surface area contributed by atoms with E-state index in [-0.39, 0.29) is 38.1 Å². The van der Waals surface area contributed by atoms with Gasteiger partial charge in [-0.1, -0.05) is 13.8 Å². The Morgan fingerprint density at radius 2 is 1.62 bits per heavy atom. The molecule has 7 N–H and O–H groups in total. The highest BCUT2D eigenvalue weighted by atomic mass is 16.4. The van der Waals surface area contributed by atoms with Crippen molar-refractivity contribution in [1.82, 2.24) is 16.0 Å². The van der Waals surface area contributed by atoms with Gasteiger partial charge in [0.15, 0.2) is 0 Å².